The van der Waals surface area contributed by atoms with E-state index in [0.29, 0.717) is 17.5 Å². The van der Waals surface area contributed by atoms with Crippen LogP contribution >= 0.6 is 11.3 Å². The van der Waals surface area contributed by atoms with Crippen molar-refractivity contribution in [3.05, 3.63) is 157 Å². The number of hydrogen-bond donors (Lipinski definition) is 0. The van der Waals surface area contributed by atoms with Gasteiger partial charge in [0.15, 0.2) is 17.5 Å². The fourth-order valence-electron chi connectivity index (χ4n) is 8.25. The largest absolute Gasteiger partial charge is 0.456 e. The molecule has 55 heavy (non-hydrogen) atoms. The molecule has 0 saturated heterocycles. The van der Waals surface area contributed by atoms with Crippen LogP contribution < -0.4 is 0 Å². The van der Waals surface area contributed by atoms with Crippen molar-refractivity contribution in [3.63, 3.8) is 0 Å². The molecule has 0 spiro atoms. The van der Waals surface area contributed by atoms with Gasteiger partial charge in [-0.2, -0.15) is 0 Å². The number of aromatic nitrogens is 4. The minimum absolute atomic E-state index is 0.605. The summed E-state index contributed by atoms with van der Waals surface area (Å²) >= 11 is 1.92. The number of fused-ring (bicyclic) bond motifs is 9. The summed E-state index contributed by atoms with van der Waals surface area (Å²) in [5, 5.41) is 7.21. The lowest BCUT2D eigenvalue weighted by atomic mass is 10.0. The van der Waals surface area contributed by atoms with Crippen molar-refractivity contribution in [1.29, 1.82) is 0 Å². The Kier molecular flexibility index (Phi) is 7.39. The molecule has 0 unspecified atom stereocenters. The van der Waals surface area contributed by atoms with Crippen molar-refractivity contribution < 1.29 is 4.42 Å². The molecule has 0 aliphatic heterocycles. The zero-order valence-corrected chi connectivity index (χ0v) is 31.0. The van der Waals surface area contributed by atoms with Gasteiger partial charge in [-0.05, 0) is 60.9 Å². The molecule has 0 aliphatic rings. The quantitative estimate of drug-likeness (QED) is 0.164. The van der Waals surface area contributed by atoms with Crippen LogP contribution in [0.25, 0.3) is 104 Å². The molecule has 0 aliphatic carbocycles. The third-order valence-electron chi connectivity index (χ3n) is 10.8. The van der Waals surface area contributed by atoms with Gasteiger partial charge < -0.3 is 8.98 Å². The molecule has 11 aromatic rings. The Morgan fingerprint density at radius 3 is 2.15 bits per heavy atom. The van der Waals surface area contributed by atoms with Crippen LogP contribution in [0.4, 0.5) is 0 Å². The third kappa shape index (κ3) is 5.17. The minimum Gasteiger partial charge on any atom is -0.456 e. The van der Waals surface area contributed by atoms with Crippen molar-refractivity contribution in [2.45, 2.75) is 26.2 Å². The Morgan fingerprint density at radius 2 is 1.25 bits per heavy atom. The predicted octanol–water partition coefficient (Wildman–Crippen LogP) is 13.6. The Hall–Kier alpha value is -6.63. The molecule has 0 fully saturated rings. The number of nitrogens with zero attached hydrogens (tertiary/aromatic N) is 4. The van der Waals surface area contributed by atoms with Crippen LogP contribution in [0.5, 0.6) is 0 Å². The van der Waals surface area contributed by atoms with E-state index in [1.165, 1.54) is 60.4 Å². The smallest absolute Gasteiger partial charge is 0.164 e. The minimum atomic E-state index is 0.605. The van der Waals surface area contributed by atoms with Gasteiger partial charge >= 0.3 is 0 Å². The summed E-state index contributed by atoms with van der Waals surface area (Å²) in [7, 11) is 0. The maximum atomic E-state index is 6.26. The first-order valence-corrected chi connectivity index (χ1v) is 19.7. The van der Waals surface area contributed by atoms with Gasteiger partial charge in [-0.25, -0.2) is 15.0 Å². The lowest BCUT2D eigenvalue weighted by Gasteiger charge is -2.12. The van der Waals surface area contributed by atoms with Crippen LogP contribution in [-0.2, 0) is 6.42 Å². The highest BCUT2D eigenvalue weighted by Gasteiger charge is 2.20. The highest BCUT2D eigenvalue weighted by molar-refractivity contribution is 7.26. The number of benzene rings is 7. The molecule has 7 aromatic carbocycles. The van der Waals surface area contributed by atoms with E-state index in [1.807, 2.05) is 72.0 Å². The van der Waals surface area contributed by atoms with E-state index in [9.17, 15) is 0 Å². The number of para-hydroxylation sites is 2. The Morgan fingerprint density at radius 1 is 0.545 bits per heavy atom. The standard InChI is InChI=1S/C49H34N4OS/c1-2-3-14-30-17-12-22-35-39-28-38-34-20-7-9-24-40(34)53(41(38)29-44(39)55-46(30)35)33-19-11-18-32(27-33)48-50-47(31-15-5-4-6-16-31)51-49(52-48)37-23-13-26-43-45(37)36-21-8-10-25-42(36)54-43/h4-13,15-29H,2-3,14H2,1H3. The number of rotatable bonds is 7. The van der Waals surface area contributed by atoms with Crippen LogP contribution in [0, 0.1) is 0 Å². The molecular weight excluding hydrogens is 693 g/mol. The van der Waals surface area contributed by atoms with Gasteiger partial charge in [0, 0.05) is 64.1 Å². The second kappa shape index (κ2) is 12.8. The van der Waals surface area contributed by atoms with E-state index in [-0.39, 0.29) is 0 Å². The SMILES string of the molecule is CCCCc1cccc2c1sc1cc3c(cc12)c1ccccc1n3-c1cccc(-c2nc(-c3ccccc3)nc(-c3cccc4oc5ccccc5c34)n2)c1. The normalized spacial score (nSPS) is 11.9. The highest BCUT2D eigenvalue weighted by Crippen LogP contribution is 2.42. The number of furan rings is 1. The fourth-order valence-corrected chi connectivity index (χ4v) is 9.51. The molecular formula is C49H34N4OS. The summed E-state index contributed by atoms with van der Waals surface area (Å²) in [4.78, 5) is 15.4. The monoisotopic (exact) mass is 726 g/mol. The summed E-state index contributed by atoms with van der Waals surface area (Å²) in [5.74, 6) is 1.84. The van der Waals surface area contributed by atoms with Crippen LogP contribution in [0.1, 0.15) is 25.3 Å². The average molecular weight is 727 g/mol. The van der Waals surface area contributed by atoms with Crippen molar-refractivity contribution in [2.75, 3.05) is 0 Å². The Bertz CT molecular complexity index is 3260. The van der Waals surface area contributed by atoms with E-state index < -0.39 is 0 Å². The number of thiophene rings is 1. The van der Waals surface area contributed by atoms with Crippen molar-refractivity contribution >= 4 is 75.3 Å². The average Bonchev–Trinajstić information content (AvgIpc) is 3.91. The van der Waals surface area contributed by atoms with Gasteiger partial charge in [0.1, 0.15) is 11.2 Å². The molecule has 6 heteroatoms. The second-order valence-corrected chi connectivity index (χ2v) is 15.3. The molecule has 4 heterocycles. The van der Waals surface area contributed by atoms with Crippen molar-refractivity contribution in [3.8, 4) is 39.9 Å². The van der Waals surface area contributed by atoms with Gasteiger partial charge in [0.2, 0.25) is 0 Å². The summed E-state index contributed by atoms with van der Waals surface area (Å²) in [6.45, 7) is 2.27. The molecule has 0 N–H and O–H groups in total. The van der Waals surface area contributed by atoms with Gasteiger partial charge in [-0.1, -0.05) is 123 Å². The van der Waals surface area contributed by atoms with E-state index >= 15 is 0 Å². The molecule has 0 bridgehead atoms. The van der Waals surface area contributed by atoms with Crippen LogP contribution in [0.15, 0.2) is 156 Å². The van der Waals surface area contributed by atoms with E-state index in [0.717, 1.165) is 50.7 Å². The zero-order valence-electron chi connectivity index (χ0n) is 30.2. The highest BCUT2D eigenvalue weighted by atomic mass is 32.1. The van der Waals surface area contributed by atoms with Crippen molar-refractivity contribution in [2.24, 2.45) is 0 Å². The van der Waals surface area contributed by atoms with E-state index in [2.05, 4.69) is 102 Å². The van der Waals surface area contributed by atoms with E-state index in [4.69, 9.17) is 19.4 Å². The molecule has 5 nitrogen and oxygen atoms in total. The Labute approximate surface area is 321 Å². The second-order valence-electron chi connectivity index (χ2n) is 14.2. The van der Waals surface area contributed by atoms with Gasteiger partial charge in [0.25, 0.3) is 0 Å². The lowest BCUT2D eigenvalue weighted by Crippen LogP contribution is -2.01. The zero-order chi connectivity index (χ0) is 36.5. The molecule has 0 atom stereocenters. The first-order chi connectivity index (χ1) is 27.2. The van der Waals surface area contributed by atoms with Crippen LogP contribution in [0.3, 0.4) is 0 Å². The maximum absolute atomic E-state index is 6.26. The van der Waals surface area contributed by atoms with Gasteiger partial charge in [0.05, 0.1) is 11.0 Å². The maximum Gasteiger partial charge on any atom is 0.164 e. The first kappa shape index (κ1) is 31.9. The van der Waals surface area contributed by atoms with Gasteiger partial charge in [-0.15, -0.1) is 11.3 Å². The van der Waals surface area contributed by atoms with Crippen LogP contribution in [0.2, 0.25) is 0 Å². The number of unbranched alkanes of at least 4 members (excludes halogenated alkanes) is 1. The summed E-state index contributed by atoms with van der Waals surface area (Å²) in [5.41, 5.74) is 9.26. The summed E-state index contributed by atoms with van der Waals surface area (Å²) in [6, 6.07) is 53.4. The summed E-state index contributed by atoms with van der Waals surface area (Å²) in [6.07, 6.45) is 3.50. The summed E-state index contributed by atoms with van der Waals surface area (Å²) < 4.78 is 11.4. The van der Waals surface area contributed by atoms with E-state index in [1.54, 1.807) is 0 Å². The number of aryl methyl sites for hydroxylation is 1. The van der Waals surface area contributed by atoms with Gasteiger partial charge in [-0.3, -0.25) is 0 Å². The van der Waals surface area contributed by atoms with Crippen molar-refractivity contribution in [1.82, 2.24) is 19.5 Å². The molecule has 4 aromatic heterocycles. The Balaban J connectivity index is 1.12. The fraction of sp³-hybridized carbons (Fsp3) is 0.0816. The predicted molar refractivity (Wildman–Crippen MR) is 229 cm³/mol. The lowest BCUT2D eigenvalue weighted by molar-refractivity contribution is 0.669. The number of hydrogen-bond acceptors (Lipinski definition) is 5. The molecule has 0 radical (unpaired) electrons. The van der Waals surface area contributed by atoms with Crippen LogP contribution in [-0.4, -0.2) is 19.5 Å². The molecule has 0 saturated carbocycles. The third-order valence-corrected chi connectivity index (χ3v) is 12.1. The first-order valence-electron chi connectivity index (χ1n) is 18.9. The topological polar surface area (TPSA) is 56.7 Å². The molecule has 262 valence electrons. The molecule has 0 amide bonds. The molecule has 11 rings (SSSR count).